The molecule has 1 fully saturated rings. The van der Waals surface area contributed by atoms with Crippen LogP contribution in [0.25, 0.3) is 10.2 Å². The zero-order chi connectivity index (χ0) is 20.4. The van der Waals surface area contributed by atoms with Crippen molar-refractivity contribution in [1.82, 2.24) is 9.88 Å². The van der Waals surface area contributed by atoms with Crippen molar-refractivity contribution in [3.8, 4) is 16.7 Å². The molecule has 6 nitrogen and oxygen atoms in total. The molecule has 8 heteroatoms. The third kappa shape index (κ3) is 4.33. The molecule has 0 unspecified atom stereocenters. The summed E-state index contributed by atoms with van der Waals surface area (Å²) in [4.78, 5) is 19.3. The first-order valence-corrected chi connectivity index (χ1v) is 10.9. The van der Waals surface area contributed by atoms with Gasteiger partial charge in [0.1, 0.15) is 17.6 Å². The van der Waals surface area contributed by atoms with Crippen molar-refractivity contribution in [3.63, 3.8) is 0 Å². The van der Waals surface area contributed by atoms with E-state index in [1.165, 1.54) is 11.3 Å². The van der Waals surface area contributed by atoms with E-state index in [2.05, 4.69) is 20.9 Å². The predicted octanol–water partition coefficient (Wildman–Crippen LogP) is 4.76. The Labute approximate surface area is 181 Å². The normalized spacial score (nSPS) is 14.8. The summed E-state index contributed by atoms with van der Waals surface area (Å²) in [7, 11) is 3.25. The van der Waals surface area contributed by atoms with E-state index in [4.69, 9.17) is 14.2 Å². The molecule has 3 aromatic rings. The van der Waals surface area contributed by atoms with Gasteiger partial charge in [0, 0.05) is 30.4 Å². The van der Waals surface area contributed by atoms with E-state index in [-0.39, 0.29) is 12.0 Å². The van der Waals surface area contributed by atoms with Crippen LogP contribution in [0.15, 0.2) is 40.9 Å². The maximum Gasteiger partial charge on any atom is 0.274 e. The molecule has 0 radical (unpaired) electrons. The number of halogens is 1. The smallest absolute Gasteiger partial charge is 0.274 e. The minimum Gasteiger partial charge on any atom is -0.497 e. The van der Waals surface area contributed by atoms with Gasteiger partial charge in [-0.05, 0) is 52.3 Å². The molecule has 2 aromatic carbocycles. The quantitative estimate of drug-likeness (QED) is 0.531. The number of fused-ring (bicyclic) bond motifs is 1. The maximum atomic E-state index is 12.9. The van der Waals surface area contributed by atoms with Gasteiger partial charge in [-0.25, -0.2) is 4.98 Å². The predicted molar refractivity (Wildman–Crippen MR) is 116 cm³/mol. The van der Waals surface area contributed by atoms with Crippen LogP contribution >= 0.6 is 27.3 Å². The molecule has 1 aromatic heterocycles. The molecule has 1 aliphatic heterocycles. The molecule has 0 atom stereocenters. The second-order valence-electron chi connectivity index (χ2n) is 6.77. The highest BCUT2D eigenvalue weighted by atomic mass is 79.9. The number of piperidine rings is 1. The molecular formula is C21H21BrN2O4S. The topological polar surface area (TPSA) is 60.9 Å². The van der Waals surface area contributed by atoms with E-state index in [1.807, 2.05) is 35.2 Å². The van der Waals surface area contributed by atoms with Crippen LogP contribution < -0.4 is 14.2 Å². The number of likely N-dealkylation sites (tertiary alicyclic amines) is 1. The number of benzene rings is 2. The van der Waals surface area contributed by atoms with Gasteiger partial charge in [-0.15, -0.1) is 0 Å². The van der Waals surface area contributed by atoms with Gasteiger partial charge in [0.05, 0.1) is 30.0 Å². The summed E-state index contributed by atoms with van der Waals surface area (Å²) >= 11 is 4.98. The Balaban J connectivity index is 1.39. The molecule has 1 amide bonds. The van der Waals surface area contributed by atoms with Crippen molar-refractivity contribution >= 4 is 43.4 Å². The zero-order valence-corrected chi connectivity index (χ0v) is 18.6. The summed E-state index contributed by atoms with van der Waals surface area (Å²) in [6.07, 6.45) is 1.59. The van der Waals surface area contributed by atoms with Gasteiger partial charge in [0.15, 0.2) is 0 Å². The Bertz CT molecular complexity index is 1030. The van der Waals surface area contributed by atoms with Crippen LogP contribution in [0.5, 0.6) is 16.7 Å². The van der Waals surface area contributed by atoms with Gasteiger partial charge in [0.25, 0.3) is 11.1 Å². The average Bonchev–Trinajstić information content (AvgIpc) is 3.15. The van der Waals surface area contributed by atoms with E-state index in [9.17, 15) is 4.79 Å². The highest BCUT2D eigenvalue weighted by Crippen LogP contribution is 2.32. The van der Waals surface area contributed by atoms with Gasteiger partial charge in [-0.2, -0.15) is 0 Å². The third-order valence-electron chi connectivity index (χ3n) is 4.98. The number of carbonyl (C=O) groups excluding carboxylic acids is 1. The molecule has 1 aliphatic rings. The highest BCUT2D eigenvalue weighted by Gasteiger charge is 2.26. The zero-order valence-electron chi connectivity index (χ0n) is 16.2. The standard InChI is InChI=1S/C21H21BrN2O4S/c1-26-14-3-5-17(22)16(11-14)20(25)24-9-7-13(8-10-24)28-21-23-18-6-4-15(27-2)12-19(18)29-21/h3-6,11-13H,7-10H2,1-2H3. The van der Waals surface area contributed by atoms with E-state index >= 15 is 0 Å². The van der Waals surface area contributed by atoms with Gasteiger partial charge >= 0.3 is 0 Å². The second kappa shape index (κ2) is 8.59. The molecule has 0 bridgehead atoms. The third-order valence-corrected chi connectivity index (χ3v) is 6.58. The number of amides is 1. The molecular weight excluding hydrogens is 456 g/mol. The fraction of sp³-hybridized carbons (Fsp3) is 0.333. The monoisotopic (exact) mass is 476 g/mol. The SMILES string of the molecule is COc1ccc(Br)c(C(=O)N2CCC(Oc3nc4ccc(OC)cc4s3)CC2)c1. The fourth-order valence-electron chi connectivity index (χ4n) is 3.35. The van der Waals surface area contributed by atoms with Crippen molar-refractivity contribution in [2.75, 3.05) is 27.3 Å². The Morgan fingerprint density at radius 1 is 1.10 bits per heavy atom. The minimum atomic E-state index is 0.00121. The molecule has 0 spiro atoms. The summed E-state index contributed by atoms with van der Waals surface area (Å²) in [5, 5.41) is 0.661. The summed E-state index contributed by atoms with van der Waals surface area (Å²) in [5.41, 5.74) is 1.52. The number of nitrogens with zero attached hydrogens (tertiary/aromatic N) is 2. The number of thiazole rings is 1. The van der Waals surface area contributed by atoms with Crippen molar-refractivity contribution in [1.29, 1.82) is 0 Å². The van der Waals surface area contributed by atoms with Crippen LogP contribution in [-0.4, -0.2) is 49.2 Å². The van der Waals surface area contributed by atoms with Crippen molar-refractivity contribution < 1.29 is 19.0 Å². The molecule has 0 aliphatic carbocycles. The summed E-state index contributed by atoms with van der Waals surface area (Å²) in [5.74, 6) is 1.48. The van der Waals surface area contributed by atoms with Crippen LogP contribution in [-0.2, 0) is 0 Å². The largest absolute Gasteiger partial charge is 0.497 e. The fourth-order valence-corrected chi connectivity index (χ4v) is 4.67. The van der Waals surface area contributed by atoms with E-state index < -0.39 is 0 Å². The number of ether oxygens (including phenoxy) is 3. The second-order valence-corrected chi connectivity index (χ2v) is 8.62. The first kappa shape index (κ1) is 20.0. The van der Waals surface area contributed by atoms with Gasteiger partial charge < -0.3 is 19.1 Å². The van der Waals surface area contributed by atoms with Crippen LogP contribution in [0, 0.1) is 0 Å². The van der Waals surface area contributed by atoms with Gasteiger partial charge in [-0.3, -0.25) is 4.79 Å². The number of aromatic nitrogens is 1. The van der Waals surface area contributed by atoms with Crippen LogP contribution in [0.1, 0.15) is 23.2 Å². The molecule has 0 N–H and O–H groups in total. The lowest BCUT2D eigenvalue weighted by Gasteiger charge is -2.32. The van der Waals surface area contributed by atoms with Crippen LogP contribution in [0.3, 0.4) is 0 Å². The van der Waals surface area contributed by atoms with E-state index in [0.717, 1.165) is 33.3 Å². The number of methoxy groups -OCH3 is 2. The Morgan fingerprint density at radius 2 is 1.79 bits per heavy atom. The number of hydrogen-bond acceptors (Lipinski definition) is 6. The molecule has 4 rings (SSSR count). The molecule has 0 saturated carbocycles. The van der Waals surface area contributed by atoms with E-state index in [1.54, 1.807) is 20.3 Å². The van der Waals surface area contributed by atoms with Crippen molar-refractivity contribution in [2.45, 2.75) is 18.9 Å². The van der Waals surface area contributed by atoms with Crippen molar-refractivity contribution in [2.24, 2.45) is 0 Å². The first-order chi connectivity index (χ1) is 14.1. The first-order valence-electron chi connectivity index (χ1n) is 9.31. The maximum absolute atomic E-state index is 12.9. The number of hydrogen-bond donors (Lipinski definition) is 0. The van der Waals surface area contributed by atoms with Crippen LogP contribution in [0.4, 0.5) is 0 Å². The summed E-state index contributed by atoms with van der Waals surface area (Å²) in [6, 6.07) is 11.2. The molecule has 152 valence electrons. The van der Waals surface area contributed by atoms with E-state index in [0.29, 0.717) is 29.6 Å². The van der Waals surface area contributed by atoms with Crippen LogP contribution in [0.2, 0.25) is 0 Å². The minimum absolute atomic E-state index is 0.00121. The Hall–Kier alpha value is -2.32. The summed E-state index contributed by atoms with van der Waals surface area (Å²) < 4.78 is 18.4. The molecule has 1 saturated heterocycles. The summed E-state index contributed by atoms with van der Waals surface area (Å²) in [6.45, 7) is 1.29. The van der Waals surface area contributed by atoms with Gasteiger partial charge in [-0.1, -0.05) is 11.3 Å². The molecule has 2 heterocycles. The Kier molecular flexibility index (Phi) is 5.91. The van der Waals surface area contributed by atoms with Crippen molar-refractivity contribution in [3.05, 3.63) is 46.4 Å². The number of rotatable bonds is 5. The highest BCUT2D eigenvalue weighted by molar-refractivity contribution is 9.10. The Morgan fingerprint density at radius 3 is 2.52 bits per heavy atom. The lowest BCUT2D eigenvalue weighted by atomic mass is 10.1. The lowest BCUT2D eigenvalue weighted by molar-refractivity contribution is 0.0594. The molecule has 29 heavy (non-hydrogen) atoms. The van der Waals surface area contributed by atoms with Gasteiger partial charge in [0.2, 0.25) is 0 Å². The average molecular weight is 477 g/mol. The lowest BCUT2D eigenvalue weighted by Crippen LogP contribution is -2.41. The number of carbonyl (C=O) groups is 1.